The highest BCUT2D eigenvalue weighted by molar-refractivity contribution is 7.13. The molecule has 2 rings (SSSR count). The van der Waals surface area contributed by atoms with Gasteiger partial charge in [0.05, 0.1) is 5.69 Å². The maximum atomic E-state index is 4.69. The van der Waals surface area contributed by atoms with Gasteiger partial charge >= 0.3 is 0 Å². The maximum absolute atomic E-state index is 4.69. The number of rotatable bonds is 7. The summed E-state index contributed by atoms with van der Waals surface area (Å²) < 4.78 is 0. The molecule has 5 heteroatoms. The molecule has 0 unspecified atom stereocenters. The van der Waals surface area contributed by atoms with Gasteiger partial charge in [-0.1, -0.05) is 13.8 Å². The lowest BCUT2D eigenvalue weighted by molar-refractivity contribution is 0.346. The van der Waals surface area contributed by atoms with Crippen molar-refractivity contribution < 1.29 is 0 Å². The van der Waals surface area contributed by atoms with E-state index in [0.29, 0.717) is 6.04 Å². The Morgan fingerprint density at radius 1 is 1.42 bits per heavy atom. The van der Waals surface area contributed by atoms with Crippen molar-refractivity contribution >= 4 is 16.5 Å². The Bertz CT molecular complexity index is 371. The molecule has 1 N–H and O–H groups in total. The van der Waals surface area contributed by atoms with Crippen LogP contribution in [0.4, 0.5) is 5.13 Å². The zero-order chi connectivity index (χ0) is 13.7. The molecule has 1 aliphatic heterocycles. The van der Waals surface area contributed by atoms with Gasteiger partial charge in [0.1, 0.15) is 0 Å². The topological polar surface area (TPSA) is 31.4 Å². The highest BCUT2D eigenvalue weighted by Gasteiger charge is 2.13. The van der Waals surface area contributed by atoms with Crippen LogP contribution in [0, 0.1) is 0 Å². The molecule has 1 saturated heterocycles. The summed E-state index contributed by atoms with van der Waals surface area (Å²) in [6.07, 6.45) is 2.73. The van der Waals surface area contributed by atoms with Gasteiger partial charge in [0, 0.05) is 38.1 Å². The molecule has 1 aromatic rings. The third kappa shape index (κ3) is 4.75. The van der Waals surface area contributed by atoms with E-state index in [4.69, 9.17) is 4.98 Å². The lowest BCUT2D eigenvalue weighted by atomic mass is 10.4. The molecule has 108 valence electrons. The van der Waals surface area contributed by atoms with Crippen molar-refractivity contribution in [3.05, 3.63) is 11.1 Å². The van der Waals surface area contributed by atoms with Crippen LogP contribution in [0.15, 0.2) is 5.38 Å². The van der Waals surface area contributed by atoms with E-state index in [-0.39, 0.29) is 0 Å². The van der Waals surface area contributed by atoms with Crippen molar-refractivity contribution in [1.29, 1.82) is 0 Å². The van der Waals surface area contributed by atoms with E-state index >= 15 is 0 Å². The quantitative estimate of drug-likeness (QED) is 0.830. The first-order chi connectivity index (χ1) is 9.15. The standard InChI is InChI=1S/C14H26N4S/c1-12(2)15-10-13-11-19-14(16-13)17(3)8-9-18-6-4-5-7-18/h11-12,15H,4-10H2,1-3H3. The molecule has 0 aliphatic carbocycles. The van der Waals surface area contributed by atoms with Gasteiger partial charge in [-0.25, -0.2) is 4.98 Å². The van der Waals surface area contributed by atoms with Crippen LogP contribution in [0.1, 0.15) is 32.4 Å². The zero-order valence-corrected chi connectivity index (χ0v) is 13.2. The highest BCUT2D eigenvalue weighted by atomic mass is 32.1. The fourth-order valence-electron chi connectivity index (χ4n) is 2.25. The van der Waals surface area contributed by atoms with Crippen molar-refractivity contribution in [1.82, 2.24) is 15.2 Å². The molecule has 1 fully saturated rings. The Kier molecular flexibility index (Phi) is 5.60. The minimum absolute atomic E-state index is 0.512. The molecule has 19 heavy (non-hydrogen) atoms. The molecule has 1 aromatic heterocycles. The Morgan fingerprint density at radius 2 is 2.16 bits per heavy atom. The van der Waals surface area contributed by atoms with Crippen LogP contribution in [0.25, 0.3) is 0 Å². The van der Waals surface area contributed by atoms with Gasteiger partial charge in [0.2, 0.25) is 0 Å². The number of likely N-dealkylation sites (tertiary alicyclic amines) is 1. The number of hydrogen-bond acceptors (Lipinski definition) is 5. The summed E-state index contributed by atoms with van der Waals surface area (Å²) in [5, 5.41) is 6.71. The number of anilines is 1. The predicted molar refractivity (Wildman–Crippen MR) is 83.0 cm³/mol. The number of aromatic nitrogens is 1. The lowest BCUT2D eigenvalue weighted by Crippen LogP contribution is -2.31. The molecule has 0 radical (unpaired) electrons. The van der Waals surface area contributed by atoms with Crippen LogP contribution in [-0.2, 0) is 6.54 Å². The van der Waals surface area contributed by atoms with Gasteiger partial charge in [-0.3, -0.25) is 0 Å². The third-order valence-corrected chi connectivity index (χ3v) is 4.51. The van der Waals surface area contributed by atoms with Crippen molar-refractivity contribution in [3.8, 4) is 0 Å². The van der Waals surface area contributed by atoms with E-state index in [1.165, 1.54) is 25.9 Å². The van der Waals surface area contributed by atoms with Gasteiger partial charge in [-0.15, -0.1) is 11.3 Å². The Morgan fingerprint density at radius 3 is 2.84 bits per heavy atom. The fourth-order valence-corrected chi connectivity index (χ4v) is 3.07. The molecule has 0 bridgehead atoms. The second-order valence-electron chi connectivity index (χ2n) is 5.63. The molecular formula is C14H26N4S. The van der Waals surface area contributed by atoms with E-state index in [1.54, 1.807) is 11.3 Å². The van der Waals surface area contributed by atoms with E-state index in [9.17, 15) is 0 Å². The summed E-state index contributed by atoms with van der Waals surface area (Å²) in [4.78, 5) is 9.52. The average molecular weight is 282 g/mol. The van der Waals surface area contributed by atoms with Crippen LogP contribution >= 0.6 is 11.3 Å². The van der Waals surface area contributed by atoms with E-state index in [0.717, 1.165) is 30.5 Å². The van der Waals surface area contributed by atoms with Gasteiger partial charge in [-0.2, -0.15) is 0 Å². The number of hydrogen-bond donors (Lipinski definition) is 1. The zero-order valence-electron chi connectivity index (χ0n) is 12.4. The largest absolute Gasteiger partial charge is 0.350 e. The molecular weight excluding hydrogens is 256 g/mol. The summed E-state index contributed by atoms with van der Waals surface area (Å²) in [5.74, 6) is 0. The average Bonchev–Trinajstić information content (AvgIpc) is 3.04. The van der Waals surface area contributed by atoms with E-state index < -0.39 is 0 Å². The van der Waals surface area contributed by atoms with Gasteiger partial charge in [0.25, 0.3) is 0 Å². The van der Waals surface area contributed by atoms with Crippen molar-refractivity contribution in [3.63, 3.8) is 0 Å². The first-order valence-corrected chi connectivity index (χ1v) is 8.14. The van der Waals surface area contributed by atoms with Crippen molar-refractivity contribution in [2.45, 2.75) is 39.3 Å². The Labute approximate surface area is 120 Å². The second kappa shape index (κ2) is 7.22. The van der Waals surface area contributed by atoms with Gasteiger partial charge in [0.15, 0.2) is 5.13 Å². The smallest absolute Gasteiger partial charge is 0.185 e. The molecule has 0 aromatic carbocycles. The summed E-state index contributed by atoms with van der Waals surface area (Å²) in [7, 11) is 2.15. The summed E-state index contributed by atoms with van der Waals surface area (Å²) in [5.41, 5.74) is 1.15. The monoisotopic (exact) mass is 282 g/mol. The van der Waals surface area contributed by atoms with Crippen LogP contribution < -0.4 is 10.2 Å². The maximum Gasteiger partial charge on any atom is 0.185 e. The SMILES string of the molecule is CC(C)NCc1csc(N(C)CCN2CCCC2)n1. The van der Waals surface area contributed by atoms with E-state index in [2.05, 4.69) is 41.4 Å². The summed E-state index contributed by atoms with van der Waals surface area (Å²) >= 11 is 1.75. The Hall–Kier alpha value is -0.650. The molecule has 0 spiro atoms. The van der Waals surface area contributed by atoms with Crippen molar-refractivity contribution in [2.24, 2.45) is 0 Å². The molecule has 0 saturated carbocycles. The third-order valence-electron chi connectivity index (χ3n) is 3.51. The van der Waals surface area contributed by atoms with Gasteiger partial charge < -0.3 is 15.1 Å². The molecule has 0 amide bonds. The molecule has 4 nitrogen and oxygen atoms in total. The normalized spacial score (nSPS) is 16.4. The first-order valence-electron chi connectivity index (χ1n) is 7.26. The van der Waals surface area contributed by atoms with Crippen LogP contribution in [0.2, 0.25) is 0 Å². The second-order valence-corrected chi connectivity index (χ2v) is 6.46. The van der Waals surface area contributed by atoms with Crippen LogP contribution in [0.3, 0.4) is 0 Å². The molecule has 2 heterocycles. The van der Waals surface area contributed by atoms with Crippen LogP contribution in [0.5, 0.6) is 0 Å². The number of thiazole rings is 1. The molecule has 0 atom stereocenters. The van der Waals surface area contributed by atoms with E-state index in [1.807, 2.05) is 0 Å². The summed E-state index contributed by atoms with van der Waals surface area (Å²) in [6.45, 7) is 9.98. The van der Waals surface area contributed by atoms with Crippen molar-refractivity contribution in [2.75, 3.05) is 38.1 Å². The predicted octanol–water partition coefficient (Wildman–Crippen LogP) is 2.17. The number of nitrogens with zero attached hydrogens (tertiary/aromatic N) is 3. The first kappa shape index (κ1) is 14.8. The number of likely N-dealkylation sites (N-methyl/N-ethyl adjacent to an activating group) is 1. The molecule has 1 aliphatic rings. The minimum atomic E-state index is 0.512. The number of nitrogens with one attached hydrogen (secondary N) is 1. The lowest BCUT2D eigenvalue weighted by Gasteiger charge is -2.20. The Balaban J connectivity index is 1.76. The van der Waals surface area contributed by atoms with Crippen LogP contribution in [-0.4, -0.2) is 49.2 Å². The minimum Gasteiger partial charge on any atom is -0.350 e. The fraction of sp³-hybridized carbons (Fsp3) is 0.786. The highest BCUT2D eigenvalue weighted by Crippen LogP contribution is 2.19. The van der Waals surface area contributed by atoms with Gasteiger partial charge in [-0.05, 0) is 25.9 Å². The summed E-state index contributed by atoms with van der Waals surface area (Å²) in [6, 6.07) is 0.512.